The molecule has 0 spiro atoms. The van der Waals surface area contributed by atoms with Gasteiger partial charge in [-0.05, 0) is 42.2 Å². The Morgan fingerprint density at radius 2 is 2.07 bits per heavy atom. The summed E-state index contributed by atoms with van der Waals surface area (Å²) in [7, 11) is 0. The fourth-order valence-electron chi connectivity index (χ4n) is 2.82. The molecule has 1 unspecified atom stereocenters. The van der Waals surface area contributed by atoms with Crippen molar-refractivity contribution in [1.29, 1.82) is 0 Å². The summed E-state index contributed by atoms with van der Waals surface area (Å²) in [6.45, 7) is 6.52. The predicted molar refractivity (Wildman–Crippen MR) is 114 cm³/mol. The molecule has 0 aliphatic rings. The summed E-state index contributed by atoms with van der Waals surface area (Å²) >= 11 is 7.74. The number of hydrogen-bond acceptors (Lipinski definition) is 4. The molecule has 0 saturated heterocycles. The van der Waals surface area contributed by atoms with Crippen LogP contribution < -0.4 is 5.32 Å². The van der Waals surface area contributed by atoms with Crippen molar-refractivity contribution < 1.29 is 4.79 Å². The quantitative estimate of drug-likeness (QED) is 0.571. The van der Waals surface area contributed by atoms with E-state index in [-0.39, 0.29) is 17.1 Å². The molecular weight excluding hydrogens is 392 g/mol. The SMILES string of the molecule is Cc1c(Cl)cccc1-n1ccnc1SC(C(=O)NCc1cccnc1)C(C)C. The van der Waals surface area contributed by atoms with Gasteiger partial charge in [-0.1, -0.05) is 49.3 Å². The van der Waals surface area contributed by atoms with Crippen LogP contribution in [0, 0.1) is 12.8 Å². The number of nitrogens with zero attached hydrogens (tertiary/aromatic N) is 3. The van der Waals surface area contributed by atoms with Gasteiger partial charge in [0.2, 0.25) is 5.91 Å². The van der Waals surface area contributed by atoms with E-state index in [4.69, 9.17) is 11.6 Å². The zero-order chi connectivity index (χ0) is 20.1. The first-order valence-corrected chi connectivity index (χ1v) is 10.3. The van der Waals surface area contributed by atoms with Gasteiger partial charge in [-0.25, -0.2) is 4.98 Å². The smallest absolute Gasteiger partial charge is 0.234 e. The fraction of sp³-hybridized carbons (Fsp3) is 0.286. The van der Waals surface area contributed by atoms with Crippen molar-refractivity contribution >= 4 is 29.3 Å². The topological polar surface area (TPSA) is 59.8 Å². The summed E-state index contributed by atoms with van der Waals surface area (Å²) in [4.78, 5) is 21.4. The van der Waals surface area contributed by atoms with Gasteiger partial charge in [-0.15, -0.1) is 0 Å². The summed E-state index contributed by atoms with van der Waals surface area (Å²) < 4.78 is 1.98. The average Bonchev–Trinajstić information content (AvgIpc) is 3.15. The third kappa shape index (κ3) is 4.75. The van der Waals surface area contributed by atoms with E-state index >= 15 is 0 Å². The van der Waals surface area contributed by atoms with E-state index in [0.29, 0.717) is 11.6 Å². The molecule has 146 valence electrons. The third-order valence-electron chi connectivity index (χ3n) is 4.39. The number of benzene rings is 1. The van der Waals surface area contributed by atoms with Crippen molar-refractivity contribution in [2.75, 3.05) is 0 Å². The lowest BCUT2D eigenvalue weighted by molar-refractivity contribution is -0.121. The Morgan fingerprint density at radius 3 is 2.79 bits per heavy atom. The minimum atomic E-state index is -0.266. The van der Waals surface area contributed by atoms with Gasteiger partial charge in [0.15, 0.2) is 5.16 Å². The highest BCUT2D eigenvalue weighted by Gasteiger charge is 2.25. The molecule has 2 heterocycles. The molecule has 0 bridgehead atoms. The first kappa shape index (κ1) is 20.4. The molecule has 1 atom stereocenters. The molecule has 0 saturated carbocycles. The second-order valence-corrected chi connectivity index (χ2v) is 8.34. The van der Waals surface area contributed by atoms with E-state index in [1.54, 1.807) is 18.6 Å². The number of hydrogen-bond donors (Lipinski definition) is 1. The van der Waals surface area contributed by atoms with Crippen molar-refractivity contribution in [3.05, 3.63) is 71.3 Å². The Bertz CT molecular complexity index is 943. The monoisotopic (exact) mass is 414 g/mol. The van der Waals surface area contributed by atoms with Crippen LogP contribution in [0.2, 0.25) is 5.02 Å². The predicted octanol–water partition coefficient (Wildman–Crippen LogP) is 4.66. The second kappa shape index (κ2) is 9.26. The number of imidazole rings is 1. The zero-order valence-electron chi connectivity index (χ0n) is 16.1. The Kier molecular flexibility index (Phi) is 6.75. The number of halogens is 1. The summed E-state index contributed by atoms with van der Waals surface area (Å²) in [5, 5.41) is 4.22. The fourth-order valence-corrected chi connectivity index (χ4v) is 4.07. The number of carbonyl (C=O) groups is 1. The summed E-state index contributed by atoms with van der Waals surface area (Å²) in [6.07, 6.45) is 7.11. The molecule has 0 aliphatic heterocycles. The van der Waals surface area contributed by atoms with Crippen LogP contribution in [0.1, 0.15) is 25.0 Å². The van der Waals surface area contributed by atoms with Crippen LogP contribution in [-0.2, 0) is 11.3 Å². The highest BCUT2D eigenvalue weighted by atomic mass is 35.5. The maximum atomic E-state index is 12.8. The molecule has 7 heteroatoms. The number of aromatic nitrogens is 3. The van der Waals surface area contributed by atoms with Crippen molar-refractivity contribution in [3.8, 4) is 5.69 Å². The van der Waals surface area contributed by atoms with E-state index in [1.165, 1.54) is 11.8 Å². The molecule has 28 heavy (non-hydrogen) atoms. The van der Waals surface area contributed by atoms with Gasteiger partial charge in [0, 0.05) is 36.4 Å². The van der Waals surface area contributed by atoms with E-state index < -0.39 is 0 Å². The van der Waals surface area contributed by atoms with Gasteiger partial charge in [-0.2, -0.15) is 0 Å². The number of amides is 1. The normalized spacial score (nSPS) is 12.2. The van der Waals surface area contributed by atoms with Crippen LogP contribution in [0.25, 0.3) is 5.69 Å². The lowest BCUT2D eigenvalue weighted by Crippen LogP contribution is -2.35. The maximum absolute atomic E-state index is 12.8. The van der Waals surface area contributed by atoms with Crippen LogP contribution in [0.3, 0.4) is 0 Å². The third-order valence-corrected chi connectivity index (χ3v) is 6.33. The number of carbonyl (C=O) groups excluding carboxylic acids is 1. The lowest BCUT2D eigenvalue weighted by atomic mass is 10.1. The molecular formula is C21H23ClN4OS. The largest absolute Gasteiger partial charge is 0.351 e. The van der Waals surface area contributed by atoms with Crippen LogP contribution in [0.5, 0.6) is 0 Å². The summed E-state index contributed by atoms with van der Waals surface area (Å²) in [5.41, 5.74) is 2.91. The zero-order valence-corrected chi connectivity index (χ0v) is 17.7. The molecule has 3 aromatic rings. The molecule has 5 nitrogen and oxygen atoms in total. The molecule has 3 rings (SSSR count). The standard InChI is InChI=1S/C21H23ClN4OS/c1-14(2)19(20(27)25-13-16-6-5-9-23-12-16)28-21-24-10-11-26(21)18-8-4-7-17(22)15(18)3/h4-12,14,19H,13H2,1-3H3,(H,25,27). The Morgan fingerprint density at radius 1 is 1.25 bits per heavy atom. The lowest BCUT2D eigenvalue weighted by Gasteiger charge is -2.20. The molecule has 1 aromatic carbocycles. The average molecular weight is 415 g/mol. The van der Waals surface area contributed by atoms with Crippen molar-refractivity contribution in [2.45, 2.75) is 37.7 Å². The van der Waals surface area contributed by atoms with Crippen LogP contribution in [0.15, 0.2) is 60.3 Å². The van der Waals surface area contributed by atoms with Crippen molar-refractivity contribution in [1.82, 2.24) is 19.9 Å². The Hall–Kier alpha value is -2.31. The van der Waals surface area contributed by atoms with E-state index in [9.17, 15) is 4.79 Å². The minimum absolute atomic E-state index is 0.0128. The van der Waals surface area contributed by atoms with Gasteiger partial charge in [-0.3, -0.25) is 14.3 Å². The maximum Gasteiger partial charge on any atom is 0.234 e. The Balaban J connectivity index is 1.77. The van der Waals surface area contributed by atoms with Crippen LogP contribution in [-0.4, -0.2) is 25.7 Å². The first-order chi connectivity index (χ1) is 13.5. The molecule has 1 amide bonds. The van der Waals surface area contributed by atoms with Crippen molar-refractivity contribution in [2.24, 2.45) is 5.92 Å². The van der Waals surface area contributed by atoms with Gasteiger partial charge in [0.25, 0.3) is 0 Å². The van der Waals surface area contributed by atoms with Crippen LogP contribution in [0.4, 0.5) is 0 Å². The Labute approximate surface area is 174 Å². The summed E-state index contributed by atoms with van der Waals surface area (Å²) in [5.74, 6) is 0.130. The first-order valence-electron chi connectivity index (χ1n) is 9.09. The van der Waals surface area contributed by atoms with Crippen LogP contribution >= 0.6 is 23.4 Å². The second-order valence-electron chi connectivity index (χ2n) is 6.83. The number of thioether (sulfide) groups is 1. The van der Waals surface area contributed by atoms with Crippen molar-refractivity contribution in [3.63, 3.8) is 0 Å². The molecule has 1 N–H and O–H groups in total. The molecule has 0 aliphatic carbocycles. The van der Waals surface area contributed by atoms with E-state index in [2.05, 4.69) is 15.3 Å². The van der Waals surface area contributed by atoms with E-state index in [0.717, 1.165) is 22.0 Å². The number of nitrogens with one attached hydrogen (secondary N) is 1. The van der Waals surface area contributed by atoms with Gasteiger partial charge >= 0.3 is 0 Å². The number of rotatable bonds is 7. The minimum Gasteiger partial charge on any atom is -0.351 e. The molecule has 2 aromatic heterocycles. The van der Waals surface area contributed by atoms with Gasteiger partial charge < -0.3 is 5.32 Å². The highest BCUT2D eigenvalue weighted by molar-refractivity contribution is 8.00. The van der Waals surface area contributed by atoms with E-state index in [1.807, 2.05) is 61.9 Å². The number of pyridine rings is 1. The highest BCUT2D eigenvalue weighted by Crippen LogP contribution is 2.31. The molecule has 0 fully saturated rings. The molecule has 0 radical (unpaired) electrons. The van der Waals surface area contributed by atoms with Gasteiger partial charge in [0.1, 0.15) is 0 Å². The summed E-state index contributed by atoms with van der Waals surface area (Å²) in [6, 6.07) is 9.59. The van der Waals surface area contributed by atoms with Gasteiger partial charge in [0.05, 0.1) is 10.9 Å².